The number of H-pyrrole nitrogens is 1. The summed E-state index contributed by atoms with van der Waals surface area (Å²) < 4.78 is 46.8. The topological polar surface area (TPSA) is 181 Å². The molecular weight excluding hydrogens is 834 g/mol. The fourth-order valence-corrected chi connectivity index (χ4v) is 9.56. The van der Waals surface area contributed by atoms with Crippen molar-refractivity contribution in [3.8, 4) is 11.5 Å². The normalized spacial score (nSPS) is 19.6. The Hall–Kier alpha value is -5.52. The lowest BCUT2D eigenvalue weighted by Gasteiger charge is -2.43. The van der Waals surface area contributed by atoms with Gasteiger partial charge in [-0.05, 0) is 91.3 Å². The van der Waals surface area contributed by atoms with Gasteiger partial charge in [0.1, 0.15) is 22.8 Å². The number of benzene rings is 3. The number of pyridine rings is 1. The molecule has 2 aromatic heterocycles. The smallest absolute Gasteiger partial charge is 0.293 e. The lowest BCUT2D eigenvalue weighted by Crippen LogP contribution is -2.52. The van der Waals surface area contributed by atoms with Gasteiger partial charge in [0.15, 0.2) is 0 Å². The van der Waals surface area contributed by atoms with Crippen molar-refractivity contribution in [3.05, 3.63) is 117 Å². The molecule has 3 N–H and O–H groups in total. The van der Waals surface area contributed by atoms with Gasteiger partial charge in [-0.2, -0.15) is 0 Å². The molecular formula is C45H50ClN7O8S. The number of halogens is 1. The van der Waals surface area contributed by atoms with E-state index in [1.54, 1.807) is 24.4 Å². The standard InChI is InChI=1S/C45H50ClN7O8S/c1-29-26-51(27-32-12-14-45(2,3)23-39(32)30-4-6-33(46)7-5-30)16-17-52(29)34-8-10-38(42(21-34)61-35-20-31-13-15-47-43(31)49-24-35)44(54)50-62(57,58)37-9-11-40(41(22-37)53(55)56)48-25-36-28-59-18-19-60-36/h4-11,13,15,20-22,24,29,36,48H,12,14,16-19,23,25-28H2,1-3H3,(H,47,49)(H,50,54)/t29-,36?/m1/s1. The fraction of sp³-hybridized carbons (Fsp3) is 0.378. The van der Waals surface area contributed by atoms with Gasteiger partial charge >= 0.3 is 0 Å². The number of carbonyl (C=O) groups is 1. The number of fused-ring (bicyclic) bond motifs is 1. The van der Waals surface area contributed by atoms with E-state index in [-0.39, 0.29) is 41.1 Å². The zero-order chi connectivity index (χ0) is 43.6. The molecule has 3 aromatic carbocycles. The molecule has 1 amide bonds. The number of piperazine rings is 1. The van der Waals surface area contributed by atoms with E-state index in [0.29, 0.717) is 37.8 Å². The molecule has 0 spiro atoms. The third kappa shape index (κ3) is 9.90. The average molecular weight is 884 g/mol. The van der Waals surface area contributed by atoms with Crippen LogP contribution in [-0.4, -0.2) is 98.8 Å². The third-order valence-electron chi connectivity index (χ3n) is 11.8. The highest BCUT2D eigenvalue weighted by Gasteiger charge is 2.32. The monoisotopic (exact) mass is 883 g/mol. The summed E-state index contributed by atoms with van der Waals surface area (Å²) in [6.07, 6.45) is 6.12. The van der Waals surface area contributed by atoms with Crippen LogP contribution in [0.5, 0.6) is 11.5 Å². The number of hydrogen-bond donors (Lipinski definition) is 3. The second kappa shape index (κ2) is 18.1. The molecule has 62 heavy (non-hydrogen) atoms. The highest BCUT2D eigenvalue weighted by atomic mass is 35.5. The van der Waals surface area contributed by atoms with Crippen molar-refractivity contribution in [3.63, 3.8) is 0 Å². The van der Waals surface area contributed by atoms with E-state index in [1.165, 1.54) is 41.1 Å². The fourth-order valence-electron chi connectivity index (χ4n) is 8.45. The summed E-state index contributed by atoms with van der Waals surface area (Å²) in [5.74, 6) is -0.517. The molecule has 5 aromatic rings. The number of aromatic nitrogens is 2. The lowest BCUT2D eigenvalue weighted by atomic mass is 9.72. The number of rotatable bonds is 13. The minimum absolute atomic E-state index is 0.0536. The number of hydrogen-bond acceptors (Lipinski definition) is 12. The molecule has 8 rings (SSSR count). The summed E-state index contributed by atoms with van der Waals surface area (Å²) in [5.41, 5.74) is 5.32. The Labute approximate surface area is 365 Å². The van der Waals surface area contributed by atoms with Crippen molar-refractivity contribution in [2.75, 3.05) is 62.8 Å². The molecule has 0 saturated carbocycles. The number of allylic oxidation sites excluding steroid dienone is 1. The maximum atomic E-state index is 14.0. The van der Waals surface area contributed by atoms with Gasteiger partial charge in [-0.15, -0.1) is 0 Å². The number of aromatic amines is 1. The van der Waals surface area contributed by atoms with Crippen molar-refractivity contribution < 1.29 is 32.3 Å². The Bertz CT molecular complexity index is 2610. The largest absolute Gasteiger partial charge is 0.455 e. The summed E-state index contributed by atoms with van der Waals surface area (Å²) in [6, 6.07) is 20.3. The molecule has 0 radical (unpaired) electrons. The first-order chi connectivity index (χ1) is 29.7. The zero-order valence-corrected chi connectivity index (χ0v) is 36.4. The van der Waals surface area contributed by atoms with Crippen molar-refractivity contribution in [2.24, 2.45) is 5.41 Å². The van der Waals surface area contributed by atoms with Crippen LogP contribution in [0.25, 0.3) is 16.6 Å². The van der Waals surface area contributed by atoms with Crippen LogP contribution in [0.3, 0.4) is 0 Å². The molecule has 2 aliphatic heterocycles. The highest BCUT2D eigenvalue weighted by Crippen LogP contribution is 2.44. The summed E-state index contributed by atoms with van der Waals surface area (Å²) in [4.78, 5) is 37.1. The highest BCUT2D eigenvalue weighted by molar-refractivity contribution is 7.90. The maximum Gasteiger partial charge on any atom is 0.293 e. The molecule has 15 nitrogen and oxygen atoms in total. The molecule has 4 heterocycles. The first-order valence-electron chi connectivity index (χ1n) is 20.7. The Balaban J connectivity index is 1.02. The number of nitro benzene ring substituents is 1. The predicted molar refractivity (Wildman–Crippen MR) is 239 cm³/mol. The van der Waals surface area contributed by atoms with Crippen molar-refractivity contribution in [1.82, 2.24) is 19.6 Å². The van der Waals surface area contributed by atoms with Gasteiger partial charge in [0, 0.05) is 73.2 Å². The Kier molecular flexibility index (Phi) is 12.6. The number of nitro groups is 1. The van der Waals surface area contributed by atoms with E-state index in [9.17, 15) is 23.3 Å². The first kappa shape index (κ1) is 43.1. The summed E-state index contributed by atoms with van der Waals surface area (Å²) in [6.45, 7) is 11.4. The molecule has 17 heteroatoms. The van der Waals surface area contributed by atoms with Crippen molar-refractivity contribution in [1.29, 1.82) is 0 Å². The Morgan fingerprint density at radius 1 is 1.08 bits per heavy atom. The number of nitrogens with one attached hydrogen (secondary N) is 3. The number of carbonyl (C=O) groups excluding carboxylic acids is 1. The van der Waals surface area contributed by atoms with E-state index in [2.05, 4.69) is 62.7 Å². The van der Waals surface area contributed by atoms with Crippen LogP contribution in [-0.2, 0) is 19.5 Å². The molecule has 3 aliphatic rings. The molecule has 1 unspecified atom stereocenters. The van der Waals surface area contributed by atoms with E-state index >= 15 is 0 Å². The van der Waals surface area contributed by atoms with Crippen LogP contribution in [0.15, 0.2) is 95.7 Å². The average Bonchev–Trinajstić information content (AvgIpc) is 3.72. The van der Waals surface area contributed by atoms with Crippen LogP contribution < -0.4 is 19.7 Å². The number of amides is 1. The van der Waals surface area contributed by atoms with Crippen molar-refractivity contribution in [2.45, 2.75) is 57.1 Å². The van der Waals surface area contributed by atoms with Gasteiger partial charge in [0.05, 0.1) is 47.5 Å². The van der Waals surface area contributed by atoms with Gasteiger partial charge in [0.25, 0.3) is 21.6 Å². The lowest BCUT2D eigenvalue weighted by molar-refractivity contribution is -0.384. The second-order valence-electron chi connectivity index (χ2n) is 16.9. The first-order valence-corrected chi connectivity index (χ1v) is 22.6. The second-order valence-corrected chi connectivity index (χ2v) is 19.0. The number of anilines is 2. The molecule has 2 saturated heterocycles. The van der Waals surface area contributed by atoms with Gasteiger partial charge < -0.3 is 29.4 Å². The third-order valence-corrected chi connectivity index (χ3v) is 13.3. The maximum absolute atomic E-state index is 14.0. The number of ether oxygens (including phenoxy) is 3. The van der Waals surface area contributed by atoms with Gasteiger partial charge in [-0.3, -0.25) is 19.8 Å². The molecule has 2 fully saturated rings. The van der Waals surface area contributed by atoms with E-state index in [4.69, 9.17) is 25.8 Å². The quantitative estimate of drug-likeness (QED) is 0.0766. The van der Waals surface area contributed by atoms with E-state index < -0.39 is 31.4 Å². The Morgan fingerprint density at radius 3 is 2.66 bits per heavy atom. The summed E-state index contributed by atoms with van der Waals surface area (Å²) in [7, 11) is -4.59. The van der Waals surface area contributed by atoms with E-state index in [1.807, 2.05) is 18.2 Å². The van der Waals surface area contributed by atoms with Crippen LogP contribution in [0.4, 0.5) is 17.1 Å². The minimum atomic E-state index is -4.59. The summed E-state index contributed by atoms with van der Waals surface area (Å²) in [5, 5.41) is 16.5. The predicted octanol–water partition coefficient (Wildman–Crippen LogP) is 8.04. The van der Waals surface area contributed by atoms with Gasteiger partial charge in [0.2, 0.25) is 0 Å². The number of nitrogens with zero attached hydrogens (tertiary/aromatic N) is 4. The SMILES string of the molecule is C[C@@H]1CN(CC2=C(c3ccc(Cl)cc3)CC(C)(C)CC2)CCN1c1ccc(C(=O)NS(=O)(=O)c2ccc(NCC3COCCO3)c([N+](=O)[O-])c2)c(Oc2cnc3[nH]ccc3c2)c1. The van der Waals surface area contributed by atoms with Gasteiger partial charge in [-0.25, -0.2) is 18.1 Å². The zero-order valence-electron chi connectivity index (χ0n) is 34.9. The van der Waals surface area contributed by atoms with Crippen molar-refractivity contribution >= 4 is 61.2 Å². The molecule has 326 valence electrons. The molecule has 2 atom stereocenters. The van der Waals surface area contributed by atoms with Crippen LogP contribution in [0.1, 0.15) is 56.0 Å². The van der Waals surface area contributed by atoms with Crippen LogP contribution in [0.2, 0.25) is 5.02 Å². The van der Waals surface area contributed by atoms with E-state index in [0.717, 1.165) is 61.1 Å². The molecule has 1 aliphatic carbocycles. The molecule has 0 bridgehead atoms. The number of sulfonamides is 1. The van der Waals surface area contributed by atoms with Crippen LogP contribution >= 0.6 is 11.6 Å². The van der Waals surface area contributed by atoms with Gasteiger partial charge in [-0.1, -0.05) is 43.2 Å². The summed E-state index contributed by atoms with van der Waals surface area (Å²) >= 11 is 6.25. The van der Waals surface area contributed by atoms with Crippen LogP contribution in [0, 0.1) is 15.5 Å². The minimum Gasteiger partial charge on any atom is -0.455 e. The Morgan fingerprint density at radius 2 is 1.90 bits per heavy atom.